The molecular weight excluding hydrogens is 441 g/mol. The molecule has 2 fully saturated rings. The van der Waals surface area contributed by atoms with E-state index in [0.717, 1.165) is 18.7 Å². The van der Waals surface area contributed by atoms with Gasteiger partial charge in [-0.15, -0.1) is 0 Å². The molecule has 8 nitrogen and oxygen atoms in total. The van der Waals surface area contributed by atoms with Gasteiger partial charge >= 0.3 is 0 Å². The fourth-order valence-corrected chi connectivity index (χ4v) is 4.46. The van der Waals surface area contributed by atoms with Crippen molar-refractivity contribution in [2.45, 2.75) is 38.6 Å². The molecule has 1 N–H and O–H groups in total. The Morgan fingerprint density at radius 2 is 2.03 bits per heavy atom. The van der Waals surface area contributed by atoms with Crippen LogP contribution < -0.4 is 10.1 Å². The minimum Gasteiger partial charge on any atom is -0.488 e. The first-order valence-corrected chi connectivity index (χ1v) is 11.2. The van der Waals surface area contributed by atoms with Crippen molar-refractivity contribution < 1.29 is 32.4 Å². The standard InChI is InChI=1S/C25H26FN3O5/c26-20-12-16(13-28-8-10-33-11-9-28)4-5-17(20)15-34-22-3-1-2-18-19(22)14-29(25(18)32)21-6-7-23(30)27-24(21)31/h1-5,12,21H,6-11,13-15H2,(H,27,30,31)/i1D,2D,3D. The molecule has 0 aromatic heterocycles. The van der Waals surface area contributed by atoms with E-state index in [-0.39, 0.29) is 54.5 Å². The predicted octanol–water partition coefficient (Wildman–Crippen LogP) is 2.00. The van der Waals surface area contributed by atoms with Crippen LogP contribution in [-0.4, -0.2) is 59.9 Å². The highest BCUT2D eigenvalue weighted by Crippen LogP contribution is 2.34. The maximum Gasteiger partial charge on any atom is 0.255 e. The van der Waals surface area contributed by atoms with Crippen molar-refractivity contribution in [1.82, 2.24) is 15.1 Å². The zero-order chi connectivity index (χ0) is 26.3. The quantitative estimate of drug-likeness (QED) is 0.650. The number of nitrogens with zero attached hydrogens (tertiary/aromatic N) is 2. The summed E-state index contributed by atoms with van der Waals surface area (Å²) in [4.78, 5) is 40.5. The number of rotatable bonds is 6. The van der Waals surface area contributed by atoms with Crippen LogP contribution in [0.5, 0.6) is 5.75 Å². The van der Waals surface area contributed by atoms with E-state index >= 15 is 0 Å². The lowest BCUT2D eigenvalue weighted by atomic mass is 10.0. The first-order chi connectivity index (χ1) is 17.7. The molecule has 1 unspecified atom stereocenters. The van der Waals surface area contributed by atoms with Gasteiger partial charge < -0.3 is 14.4 Å². The Hall–Kier alpha value is -3.30. The molecule has 0 aliphatic carbocycles. The number of imide groups is 1. The zero-order valence-corrected chi connectivity index (χ0v) is 18.5. The van der Waals surface area contributed by atoms with Gasteiger partial charge in [0, 0.05) is 42.7 Å². The molecule has 5 rings (SSSR count). The zero-order valence-electron chi connectivity index (χ0n) is 21.5. The van der Waals surface area contributed by atoms with Crippen LogP contribution in [0.3, 0.4) is 0 Å². The summed E-state index contributed by atoms with van der Waals surface area (Å²) in [6.07, 6.45) is 0.208. The average Bonchev–Trinajstić information content (AvgIpc) is 3.21. The maximum absolute atomic E-state index is 14.9. The summed E-state index contributed by atoms with van der Waals surface area (Å²) in [7, 11) is 0. The van der Waals surface area contributed by atoms with Gasteiger partial charge in [0.1, 0.15) is 24.2 Å². The molecule has 3 amide bonds. The fourth-order valence-electron chi connectivity index (χ4n) is 4.46. The molecule has 178 valence electrons. The number of hydrogen-bond donors (Lipinski definition) is 1. The number of benzene rings is 2. The Labute approximate surface area is 200 Å². The minimum atomic E-state index is -0.912. The molecular formula is C25H26FN3O5. The summed E-state index contributed by atoms with van der Waals surface area (Å²) >= 11 is 0. The number of morpholine rings is 1. The van der Waals surface area contributed by atoms with E-state index in [1.807, 2.05) is 0 Å². The molecule has 1 atom stereocenters. The van der Waals surface area contributed by atoms with Crippen molar-refractivity contribution >= 4 is 17.7 Å². The number of nitrogens with one attached hydrogen (secondary N) is 1. The van der Waals surface area contributed by atoms with Crippen LogP contribution in [0.25, 0.3) is 0 Å². The summed E-state index contributed by atoms with van der Waals surface area (Å²) in [5.41, 5.74) is 1.15. The van der Waals surface area contributed by atoms with Crippen molar-refractivity contribution in [2.24, 2.45) is 0 Å². The Bertz CT molecular complexity index is 1280. The fraction of sp³-hybridized carbons (Fsp3) is 0.400. The summed E-state index contributed by atoms with van der Waals surface area (Å²) in [5, 5.41) is 2.21. The van der Waals surface area contributed by atoms with Crippen LogP contribution in [0.15, 0.2) is 36.3 Å². The molecule has 0 saturated carbocycles. The SMILES string of the molecule is [2H]c1c([2H])c(OCc2ccc(CN3CCOCC3)cc2F)c2c(c1[2H])C(=O)N(C1CCC(=O)NC1=O)C2. The van der Waals surface area contributed by atoms with E-state index in [0.29, 0.717) is 19.8 Å². The third kappa shape index (κ3) is 4.53. The highest BCUT2D eigenvalue weighted by Gasteiger charge is 2.40. The van der Waals surface area contributed by atoms with E-state index in [1.54, 1.807) is 12.1 Å². The molecule has 0 bridgehead atoms. The van der Waals surface area contributed by atoms with E-state index < -0.39 is 41.7 Å². The molecule has 3 heterocycles. The lowest BCUT2D eigenvalue weighted by molar-refractivity contribution is -0.136. The van der Waals surface area contributed by atoms with E-state index in [2.05, 4.69) is 10.2 Å². The number of halogens is 1. The number of amides is 3. The molecule has 9 heteroatoms. The lowest BCUT2D eigenvalue weighted by Gasteiger charge is -2.29. The van der Waals surface area contributed by atoms with Crippen LogP contribution >= 0.6 is 0 Å². The maximum atomic E-state index is 14.9. The Balaban J connectivity index is 1.36. The van der Waals surface area contributed by atoms with Crippen molar-refractivity contribution in [1.29, 1.82) is 0 Å². The van der Waals surface area contributed by atoms with E-state index in [9.17, 15) is 18.8 Å². The first kappa shape index (κ1) is 19.1. The summed E-state index contributed by atoms with van der Waals surface area (Å²) in [6.45, 7) is 3.08. The van der Waals surface area contributed by atoms with Gasteiger partial charge in [-0.05, 0) is 30.1 Å². The van der Waals surface area contributed by atoms with E-state index in [1.165, 1.54) is 11.0 Å². The van der Waals surface area contributed by atoms with Crippen LogP contribution in [-0.2, 0) is 34.0 Å². The number of fused-ring (bicyclic) bond motifs is 1. The molecule has 2 saturated heterocycles. The number of carbonyl (C=O) groups is 3. The molecule has 3 aliphatic heterocycles. The highest BCUT2D eigenvalue weighted by atomic mass is 19.1. The Morgan fingerprint density at radius 3 is 2.79 bits per heavy atom. The van der Waals surface area contributed by atoms with Gasteiger partial charge in [-0.3, -0.25) is 24.6 Å². The molecule has 2 aromatic rings. The van der Waals surface area contributed by atoms with Crippen molar-refractivity contribution in [2.75, 3.05) is 26.3 Å². The van der Waals surface area contributed by atoms with Gasteiger partial charge in [0.05, 0.1) is 23.9 Å². The summed E-state index contributed by atoms with van der Waals surface area (Å²) in [5.74, 6) is -2.22. The van der Waals surface area contributed by atoms with Gasteiger partial charge in [-0.1, -0.05) is 18.2 Å². The largest absolute Gasteiger partial charge is 0.488 e. The number of ether oxygens (including phenoxy) is 2. The van der Waals surface area contributed by atoms with Crippen molar-refractivity contribution in [3.8, 4) is 5.75 Å². The van der Waals surface area contributed by atoms with Gasteiger partial charge in [-0.2, -0.15) is 0 Å². The molecule has 0 spiro atoms. The minimum absolute atomic E-state index is 0.0713. The second-order valence-corrected chi connectivity index (χ2v) is 8.56. The first-order valence-electron chi connectivity index (χ1n) is 12.7. The average molecular weight is 471 g/mol. The number of hydrogen-bond acceptors (Lipinski definition) is 6. The van der Waals surface area contributed by atoms with Gasteiger partial charge in [0.15, 0.2) is 0 Å². The Kier molecular flexibility index (Phi) is 5.33. The predicted molar refractivity (Wildman–Crippen MR) is 119 cm³/mol. The normalized spacial score (nSPS) is 22.1. The van der Waals surface area contributed by atoms with E-state index in [4.69, 9.17) is 13.6 Å². The summed E-state index contributed by atoms with van der Waals surface area (Å²) in [6, 6.07) is 2.64. The monoisotopic (exact) mass is 470 g/mol. The molecule has 0 radical (unpaired) electrons. The topological polar surface area (TPSA) is 88.2 Å². The van der Waals surface area contributed by atoms with Crippen LogP contribution in [0.1, 0.15) is 44.0 Å². The van der Waals surface area contributed by atoms with Crippen molar-refractivity contribution in [3.05, 3.63) is 64.4 Å². The highest BCUT2D eigenvalue weighted by molar-refractivity contribution is 6.05. The third-order valence-corrected chi connectivity index (χ3v) is 6.33. The number of carbonyl (C=O) groups excluding carboxylic acids is 3. The van der Waals surface area contributed by atoms with Gasteiger partial charge in [0.2, 0.25) is 11.8 Å². The smallest absolute Gasteiger partial charge is 0.255 e. The molecule has 3 aliphatic rings. The van der Waals surface area contributed by atoms with Crippen LogP contribution in [0.2, 0.25) is 0 Å². The molecule has 2 aromatic carbocycles. The van der Waals surface area contributed by atoms with Crippen LogP contribution in [0.4, 0.5) is 4.39 Å². The number of piperidine rings is 1. The second-order valence-electron chi connectivity index (χ2n) is 8.56. The van der Waals surface area contributed by atoms with Gasteiger partial charge in [-0.25, -0.2) is 4.39 Å². The van der Waals surface area contributed by atoms with Crippen molar-refractivity contribution in [3.63, 3.8) is 0 Å². The third-order valence-electron chi connectivity index (χ3n) is 6.33. The molecule has 34 heavy (non-hydrogen) atoms. The second kappa shape index (κ2) is 9.52. The lowest BCUT2D eigenvalue weighted by Crippen LogP contribution is -2.52. The summed E-state index contributed by atoms with van der Waals surface area (Å²) < 4.78 is 50.8. The van der Waals surface area contributed by atoms with Gasteiger partial charge in [0.25, 0.3) is 5.91 Å². The van der Waals surface area contributed by atoms with Crippen LogP contribution in [0, 0.1) is 5.82 Å². The Morgan fingerprint density at radius 1 is 1.21 bits per heavy atom.